The molecule has 3 N–H and O–H groups in total. The van der Waals surface area contributed by atoms with Crippen LogP contribution in [-0.4, -0.2) is 25.2 Å². The highest BCUT2D eigenvalue weighted by Gasteiger charge is 2.29. The second-order valence-electron chi connectivity index (χ2n) is 3.63. The average molecular weight is 297 g/mol. The van der Waals surface area contributed by atoms with E-state index in [2.05, 4.69) is 10.1 Å². The fourth-order valence-electron chi connectivity index (χ4n) is 1.22. The van der Waals surface area contributed by atoms with Crippen LogP contribution in [0.3, 0.4) is 0 Å². The van der Waals surface area contributed by atoms with E-state index in [1.165, 1.54) is 18.2 Å². The summed E-state index contributed by atoms with van der Waals surface area (Å²) in [6.45, 7) is -1.33. The number of ether oxygens (including phenoxy) is 1. The third-order valence-electron chi connectivity index (χ3n) is 1.98. The lowest BCUT2D eigenvalue weighted by Crippen LogP contribution is -2.21. The summed E-state index contributed by atoms with van der Waals surface area (Å²) >= 11 is 5.67. The second kappa shape index (κ2) is 6.63. The van der Waals surface area contributed by atoms with Gasteiger partial charge in [0, 0.05) is 24.1 Å². The number of carbonyl (C=O) groups excluding carboxylic acids is 1. The van der Waals surface area contributed by atoms with Crippen LogP contribution in [0.1, 0.15) is 6.42 Å². The smallest absolute Gasteiger partial charge is 0.422 e. The van der Waals surface area contributed by atoms with Crippen molar-refractivity contribution in [3.05, 3.63) is 23.2 Å². The van der Waals surface area contributed by atoms with Crippen LogP contribution in [0.25, 0.3) is 0 Å². The first-order valence-corrected chi connectivity index (χ1v) is 5.68. The molecule has 1 amide bonds. The Labute approximate surface area is 112 Å². The van der Waals surface area contributed by atoms with Crippen LogP contribution in [0.15, 0.2) is 18.2 Å². The Morgan fingerprint density at radius 1 is 1.42 bits per heavy atom. The van der Waals surface area contributed by atoms with Crippen molar-refractivity contribution in [2.45, 2.75) is 12.6 Å². The van der Waals surface area contributed by atoms with Gasteiger partial charge >= 0.3 is 6.18 Å². The molecular formula is C11H12ClF3N2O2. The average Bonchev–Trinajstić information content (AvgIpc) is 2.29. The van der Waals surface area contributed by atoms with Crippen molar-refractivity contribution >= 4 is 23.2 Å². The van der Waals surface area contributed by atoms with Crippen LogP contribution in [-0.2, 0) is 4.79 Å². The largest absolute Gasteiger partial charge is 0.482 e. The molecule has 0 spiro atoms. The van der Waals surface area contributed by atoms with Crippen molar-refractivity contribution in [1.29, 1.82) is 0 Å². The van der Waals surface area contributed by atoms with Gasteiger partial charge in [0.2, 0.25) is 5.91 Å². The van der Waals surface area contributed by atoms with Crippen molar-refractivity contribution in [1.82, 2.24) is 0 Å². The molecule has 4 nitrogen and oxygen atoms in total. The van der Waals surface area contributed by atoms with Gasteiger partial charge in [0.1, 0.15) is 5.75 Å². The van der Waals surface area contributed by atoms with Gasteiger partial charge in [-0.25, -0.2) is 0 Å². The molecule has 0 bridgehead atoms. The van der Waals surface area contributed by atoms with Gasteiger partial charge in [-0.15, -0.1) is 0 Å². The molecule has 8 heteroatoms. The Balaban J connectivity index is 2.82. The molecule has 1 rings (SSSR count). The minimum absolute atomic E-state index is 0.0569. The van der Waals surface area contributed by atoms with Gasteiger partial charge in [0.05, 0.1) is 5.69 Å². The highest BCUT2D eigenvalue weighted by atomic mass is 35.5. The number of hydrogen-bond donors (Lipinski definition) is 2. The summed E-state index contributed by atoms with van der Waals surface area (Å²) in [5.74, 6) is -0.558. The maximum Gasteiger partial charge on any atom is 0.422 e. The lowest BCUT2D eigenvalue weighted by molar-refractivity contribution is -0.153. The number of carbonyl (C=O) groups is 1. The summed E-state index contributed by atoms with van der Waals surface area (Å²) in [5, 5.41) is 2.61. The summed E-state index contributed by atoms with van der Waals surface area (Å²) in [5.41, 5.74) is 5.32. The van der Waals surface area contributed by atoms with Gasteiger partial charge in [-0.1, -0.05) is 11.6 Å². The monoisotopic (exact) mass is 296 g/mol. The highest BCUT2D eigenvalue weighted by Crippen LogP contribution is 2.29. The number of benzene rings is 1. The first-order chi connectivity index (χ1) is 8.81. The summed E-state index contributed by atoms with van der Waals surface area (Å²) in [6, 6.07) is 3.99. The summed E-state index contributed by atoms with van der Waals surface area (Å²) in [7, 11) is 0. The Morgan fingerprint density at radius 3 is 2.68 bits per heavy atom. The number of nitrogens with one attached hydrogen (secondary N) is 1. The minimum atomic E-state index is -4.47. The normalized spacial score (nSPS) is 11.2. The number of alkyl halides is 3. The zero-order valence-corrected chi connectivity index (χ0v) is 10.5. The fraction of sp³-hybridized carbons (Fsp3) is 0.364. The number of rotatable bonds is 5. The van der Waals surface area contributed by atoms with E-state index in [-0.39, 0.29) is 29.4 Å². The Morgan fingerprint density at radius 2 is 2.11 bits per heavy atom. The molecule has 0 unspecified atom stereocenters. The molecule has 0 saturated carbocycles. The first kappa shape index (κ1) is 15.6. The molecular weight excluding hydrogens is 285 g/mol. The Hall–Kier alpha value is -1.47. The third kappa shape index (κ3) is 5.80. The maximum atomic E-state index is 12.1. The van der Waals surface area contributed by atoms with Gasteiger partial charge in [0.15, 0.2) is 6.61 Å². The van der Waals surface area contributed by atoms with Crippen LogP contribution in [0.4, 0.5) is 18.9 Å². The van der Waals surface area contributed by atoms with E-state index in [0.717, 1.165) is 0 Å². The van der Waals surface area contributed by atoms with Crippen LogP contribution in [0.5, 0.6) is 5.75 Å². The highest BCUT2D eigenvalue weighted by molar-refractivity contribution is 6.30. The van der Waals surface area contributed by atoms with E-state index in [4.69, 9.17) is 17.3 Å². The van der Waals surface area contributed by atoms with Gasteiger partial charge in [-0.3, -0.25) is 4.79 Å². The molecule has 106 valence electrons. The van der Waals surface area contributed by atoms with E-state index >= 15 is 0 Å². The predicted octanol–water partition coefficient (Wildman–Crippen LogP) is 2.57. The SMILES string of the molecule is NCCC(=O)Nc1ccc(Cl)cc1OCC(F)(F)F. The predicted molar refractivity (Wildman–Crippen MR) is 65.3 cm³/mol. The van der Waals surface area contributed by atoms with Crippen LogP contribution >= 0.6 is 11.6 Å². The Kier molecular flexibility index (Phi) is 5.44. The van der Waals surface area contributed by atoms with E-state index in [1.807, 2.05) is 0 Å². The molecule has 0 aliphatic carbocycles. The van der Waals surface area contributed by atoms with Crippen molar-refractivity contribution < 1.29 is 22.7 Å². The maximum absolute atomic E-state index is 12.1. The van der Waals surface area contributed by atoms with Crippen LogP contribution in [0, 0.1) is 0 Å². The van der Waals surface area contributed by atoms with Gasteiger partial charge < -0.3 is 15.8 Å². The summed E-state index contributed by atoms with van der Waals surface area (Å²) in [6.07, 6.45) is -4.41. The summed E-state index contributed by atoms with van der Waals surface area (Å²) < 4.78 is 40.9. The number of nitrogens with two attached hydrogens (primary N) is 1. The van der Waals surface area contributed by atoms with E-state index in [0.29, 0.717) is 0 Å². The Bertz CT molecular complexity index is 452. The molecule has 0 aliphatic rings. The van der Waals surface area contributed by atoms with Crippen LogP contribution < -0.4 is 15.8 Å². The van der Waals surface area contributed by atoms with Crippen molar-refractivity contribution in [2.75, 3.05) is 18.5 Å². The minimum Gasteiger partial charge on any atom is -0.482 e. The van der Waals surface area contributed by atoms with Crippen LogP contribution in [0.2, 0.25) is 5.02 Å². The number of halogens is 4. The first-order valence-electron chi connectivity index (χ1n) is 5.31. The van der Waals surface area contributed by atoms with Gasteiger partial charge in [-0.2, -0.15) is 13.2 Å². The van der Waals surface area contributed by atoms with E-state index in [1.54, 1.807) is 0 Å². The van der Waals surface area contributed by atoms with E-state index < -0.39 is 18.7 Å². The molecule has 0 aliphatic heterocycles. The van der Waals surface area contributed by atoms with Crippen molar-refractivity contribution in [3.63, 3.8) is 0 Å². The molecule has 0 atom stereocenters. The molecule has 19 heavy (non-hydrogen) atoms. The lowest BCUT2D eigenvalue weighted by Gasteiger charge is -2.14. The van der Waals surface area contributed by atoms with Crippen molar-refractivity contribution in [2.24, 2.45) is 5.73 Å². The molecule has 0 fully saturated rings. The zero-order chi connectivity index (χ0) is 14.5. The molecule has 0 aromatic heterocycles. The topological polar surface area (TPSA) is 64.4 Å². The zero-order valence-electron chi connectivity index (χ0n) is 9.76. The molecule has 0 radical (unpaired) electrons. The molecule has 1 aromatic carbocycles. The number of amides is 1. The van der Waals surface area contributed by atoms with E-state index in [9.17, 15) is 18.0 Å². The molecule has 0 heterocycles. The fourth-order valence-corrected chi connectivity index (χ4v) is 1.38. The third-order valence-corrected chi connectivity index (χ3v) is 2.22. The van der Waals surface area contributed by atoms with Crippen molar-refractivity contribution in [3.8, 4) is 5.75 Å². The quantitative estimate of drug-likeness (QED) is 0.878. The summed E-state index contributed by atoms with van der Waals surface area (Å²) in [4.78, 5) is 11.3. The molecule has 0 saturated heterocycles. The van der Waals surface area contributed by atoms with Gasteiger partial charge in [-0.05, 0) is 12.1 Å². The number of hydrogen-bond acceptors (Lipinski definition) is 3. The lowest BCUT2D eigenvalue weighted by atomic mass is 10.2. The second-order valence-corrected chi connectivity index (χ2v) is 4.07. The van der Waals surface area contributed by atoms with Gasteiger partial charge in [0.25, 0.3) is 0 Å². The standard InChI is InChI=1S/C11H12ClF3N2O2/c12-7-1-2-8(17-10(18)3-4-16)9(5-7)19-6-11(13,14)15/h1-2,5H,3-4,6,16H2,(H,17,18). The number of anilines is 1. The molecule has 1 aromatic rings.